The van der Waals surface area contributed by atoms with Gasteiger partial charge < -0.3 is 34.4 Å². The van der Waals surface area contributed by atoms with Crippen LogP contribution in [0, 0.1) is 5.82 Å². The summed E-state index contributed by atoms with van der Waals surface area (Å²) in [5.74, 6) is -1.45. The third-order valence-corrected chi connectivity index (χ3v) is 7.26. The average Bonchev–Trinajstić information content (AvgIpc) is 2.92. The summed E-state index contributed by atoms with van der Waals surface area (Å²) < 4.78 is 24.2. The van der Waals surface area contributed by atoms with Crippen molar-refractivity contribution in [2.45, 2.75) is 24.9 Å². The highest BCUT2D eigenvalue weighted by Crippen LogP contribution is 2.20. The number of nitrogens with one attached hydrogen (secondary N) is 1. The minimum absolute atomic E-state index is 0.164. The SMILES string of the molecule is CN1CCN2C(=O)CN(C3CCN(C(=O)c4ccc(F)cc4)CC3)C(=O)COCCOCCNC(=O)[C@@H]2C1. The summed E-state index contributed by atoms with van der Waals surface area (Å²) in [4.78, 5) is 59.3. The first kappa shape index (κ1) is 27.9. The minimum Gasteiger partial charge on any atom is -0.377 e. The molecule has 1 aromatic carbocycles. The summed E-state index contributed by atoms with van der Waals surface area (Å²) in [5.41, 5.74) is 0.403. The number of ether oxygens (including phenoxy) is 2. The van der Waals surface area contributed by atoms with Gasteiger partial charge in [0, 0.05) is 50.9 Å². The van der Waals surface area contributed by atoms with E-state index in [1.165, 1.54) is 29.2 Å². The van der Waals surface area contributed by atoms with Crippen molar-refractivity contribution in [1.82, 2.24) is 24.9 Å². The van der Waals surface area contributed by atoms with Crippen LogP contribution < -0.4 is 5.32 Å². The van der Waals surface area contributed by atoms with Gasteiger partial charge in [-0.15, -0.1) is 0 Å². The summed E-state index contributed by atoms with van der Waals surface area (Å²) in [7, 11) is 1.90. The smallest absolute Gasteiger partial charge is 0.253 e. The zero-order valence-corrected chi connectivity index (χ0v) is 21.8. The normalized spacial score (nSPS) is 23.9. The highest BCUT2D eigenvalue weighted by Gasteiger charge is 2.37. The van der Waals surface area contributed by atoms with Crippen LogP contribution in [0.25, 0.3) is 0 Å². The van der Waals surface area contributed by atoms with E-state index in [0.29, 0.717) is 64.3 Å². The third kappa shape index (κ3) is 7.06. The molecule has 38 heavy (non-hydrogen) atoms. The molecule has 3 fully saturated rings. The molecule has 0 bridgehead atoms. The lowest BCUT2D eigenvalue weighted by molar-refractivity contribution is -0.150. The van der Waals surface area contributed by atoms with Crippen LogP contribution in [0.3, 0.4) is 0 Å². The van der Waals surface area contributed by atoms with Gasteiger partial charge in [0.1, 0.15) is 25.0 Å². The van der Waals surface area contributed by atoms with Crippen molar-refractivity contribution < 1.29 is 33.0 Å². The van der Waals surface area contributed by atoms with Crippen molar-refractivity contribution in [3.8, 4) is 0 Å². The van der Waals surface area contributed by atoms with Crippen molar-refractivity contribution in [2.24, 2.45) is 0 Å². The monoisotopic (exact) mass is 533 g/mol. The molecular formula is C26H36FN5O6. The number of hydrogen-bond acceptors (Lipinski definition) is 7. The second-order valence-electron chi connectivity index (χ2n) is 9.87. The summed E-state index contributed by atoms with van der Waals surface area (Å²) in [6.45, 7) is 2.97. The first-order valence-corrected chi connectivity index (χ1v) is 13.1. The zero-order chi connectivity index (χ0) is 27.1. The fourth-order valence-electron chi connectivity index (χ4n) is 5.08. The Morgan fingerprint density at radius 1 is 0.921 bits per heavy atom. The molecule has 0 radical (unpaired) electrons. The molecule has 1 aromatic rings. The zero-order valence-electron chi connectivity index (χ0n) is 21.8. The van der Waals surface area contributed by atoms with Crippen LogP contribution >= 0.6 is 0 Å². The average molecular weight is 534 g/mol. The standard InChI is InChI=1S/C26H36FN5O6/c1-29-11-12-31-22(16-29)25(35)28-8-13-37-14-15-38-18-24(34)32(17-23(31)33)21-6-9-30(10-7-21)26(36)19-2-4-20(27)5-3-19/h2-5,21-22H,6-18H2,1H3,(H,28,35)/t22-/m0/s1. The topological polar surface area (TPSA) is 112 Å². The van der Waals surface area contributed by atoms with E-state index in [0.717, 1.165) is 0 Å². The molecule has 3 heterocycles. The Bertz CT molecular complexity index is 1000. The van der Waals surface area contributed by atoms with Gasteiger partial charge in [0.05, 0.1) is 19.8 Å². The van der Waals surface area contributed by atoms with Crippen LogP contribution in [0.4, 0.5) is 4.39 Å². The Kier molecular flexibility index (Phi) is 9.64. The Morgan fingerprint density at radius 2 is 1.63 bits per heavy atom. The highest BCUT2D eigenvalue weighted by molar-refractivity contribution is 5.94. The number of carbonyl (C=O) groups is 4. The van der Waals surface area contributed by atoms with E-state index >= 15 is 0 Å². The minimum atomic E-state index is -0.658. The largest absolute Gasteiger partial charge is 0.377 e. The molecule has 208 valence electrons. The number of nitrogens with zero attached hydrogens (tertiary/aromatic N) is 4. The molecule has 0 spiro atoms. The fourth-order valence-corrected chi connectivity index (χ4v) is 5.08. The molecule has 3 aliphatic heterocycles. The number of likely N-dealkylation sites (N-methyl/N-ethyl adjacent to an activating group) is 1. The second-order valence-corrected chi connectivity index (χ2v) is 9.87. The highest BCUT2D eigenvalue weighted by atomic mass is 19.1. The Labute approximate surface area is 221 Å². The third-order valence-electron chi connectivity index (χ3n) is 7.26. The van der Waals surface area contributed by atoms with Crippen molar-refractivity contribution in [3.05, 3.63) is 35.6 Å². The number of fused-ring (bicyclic) bond motifs is 1. The molecule has 0 saturated carbocycles. The first-order chi connectivity index (χ1) is 18.3. The van der Waals surface area contributed by atoms with Gasteiger partial charge in [0.25, 0.3) is 5.91 Å². The molecule has 3 aliphatic rings. The molecule has 11 nitrogen and oxygen atoms in total. The van der Waals surface area contributed by atoms with E-state index in [1.54, 1.807) is 9.80 Å². The molecule has 1 N–H and O–H groups in total. The number of rotatable bonds is 2. The van der Waals surface area contributed by atoms with Crippen LogP contribution in [0.5, 0.6) is 0 Å². The fraction of sp³-hybridized carbons (Fsp3) is 0.615. The van der Waals surface area contributed by atoms with Crippen molar-refractivity contribution in [3.63, 3.8) is 0 Å². The van der Waals surface area contributed by atoms with E-state index < -0.39 is 11.9 Å². The van der Waals surface area contributed by atoms with Crippen molar-refractivity contribution in [2.75, 3.05) is 79.3 Å². The summed E-state index contributed by atoms with van der Waals surface area (Å²) in [6, 6.07) is 4.50. The number of piperazine rings is 1. The van der Waals surface area contributed by atoms with Gasteiger partial charge in [-0.1, -0.05) is 0 Å². The molecule has 0 aromatic heterocycles. The van der Waals surface area contributed by atoms with Crippen molar-refractivity contribution >= 4 is 23.6 Å². The molecule has 0 unspecified atom stereocenters. The van der Waals surface area contributed by atoms with Crippen LogP contribution in [-0.4, -0.2) is 135 Å². The maximum absolute atomic E-state index is 13.5. The van der Waals surface area contributed by atoms with Crippen LogP contribution in [0.2, 0.25) is 0 Å². The Morgan fingerprint density at radius 3 is 2.37 bits per heavy atom. The molecule has 1 atom stereocenters. The maximum atomic E-state index is 13.5. The predicted octanol–water partition coefficient (Wildman–Crippen LogP) is -0.435. The van der Waals surface area contributed by atoms with Gasteiger partial charge in [-0.2, -0.15) is 0 Å². The number of halogens is 1. The summed E-state index contributed by atoms with van der Waals surface area (Å²) in [5, 5.41) is 2.84. The van der Waals surface area contributed by atoms with Gasteiger partial charge in [-0.25, -0.2) is 4.39 Å². The maximum Gasteiger partial charge on any atom is 0.253 e. The lowest BCUT2D eigenvalue weighted by atomic mass is 10.0. The first-order valence-electron chi connectivity index (χ1n) is 13.1. The number of hydrogen-bond donors (Lipinski definition) is 1. The van der Waals surface area contributed by atoms with E-state index in [2.05, 4.69) is 5.32 Å². The van der Waals surface area contributed by atoms with E-state index in [9.17, 15) is 23.6 Å². The van der Waals surface area contributed by atoms with E-state index in [4.69, 9.17) is 9.47 Å². The van der Waals surface area contributed by atoms with Gasteiger partial charge in [0.15, 0.2) is 0 Å². The second kappa shape index (κ2) is 13.1. The lowest BCUT2D eigenvalue weighted by Crippen LogP contribution is -2.62. The van der Waals surface area contributed by atoms with Gasteiger partial charge in [-0.3, -0.25) is 19.2 Å². The van der Waals surface area contributed by atoms with Crippen molar-refractivity contribution in [1.29, 1.82) is 0 Å². The van der Waals surface area contributed by atoms with E-state index in [1.807, 2.05) is 11.9 Å². The van der Waals surface area contributed by atoms with Gasteiger partial charge in [0.2, 0.25) is 17.7 Å². The molecule has 0 aliphatic carbocycles. The number of carbonyl (C=O) groups excluding carboxylic acids is 4. The number of benzene rings is 1. The Hall–Kier alpha value is -3.09. The van der Waals surface area contributed by atoms with E-state index in [-0.39, 0.29) is 56.0 Å². The Balaban J connectivity index is 1.46. The number of likely N-dealkylation sites (tertiary alicyclic amines) is 1. The number of amides is 4. The quantitative estimate of drug-likeness (QED) is 0.549. The number of piperidine rings is 1. The molecular weight excluding hydrogens is 497 g/mol. The molecule has 4 rings (SSSR count). The van der Waals surface area contributed by atoms with Crippen LogP contribution in [0.1, 0.15) is 23.2 Å². The molecule has 4 amide bonds. The van der Waals surface area contributed by atoms with Crippen LogP contribution in [0.15, 0.2) is 24.3 Å². The van der Waals surface area contributed by atoms with Crippen LogP contribution in [-0.2, 0) is 23.9 Å². The summed E-state index contributed by atoms with van der Waals surface area (Å²) >= 11 is 0. The lowest BCUT2D eigenvalue weighted by Gasteiger charge is -2.42. The summed E-state index contributed by atoms with van der Waals surface area (Å²) in [6.07, 6.45) is 0.976. The molecule has 12 heteroatoms. The van der Waals surface area contributed by atoms with Gasteiger partial charge >= 0.3 is 0 Å². The molecule has 3 saturated heterocycles. The predicted molar refractivity (Wildman–Crippen MR) is 135 cm³/mol. The van der Waals surface area contributed by atoms with Gasteiger partial charge in [-0.05, 0) is 44.2 Å².